The number of H-pyrrole nitrogens is 1. The van der Waals surface area contributed by atoms with Crippen molar-refractivity contribution >= 4 is 5.82 Å². The molecule has 0 radical (unpaired) electrons. The van der Waals surface area contributed by atoms with E-state index in [9.17, 15) is 4.79 Å². The van der Waals surface area contributed by atoms with Gasteiger partial charge in [-0.05, 0) is 18.6 Å². The van der Waals surface area contributed by atoms with Crippen LogP contribution in [0.15, 0.2) is 29.3 Å². The molecule has 5 heteroatoms. The smallest absolute Gasteiger partial charge is 0.347 e. The Morgan fingerprint density at radius 2 is 2.31 bits per heavy atom. The molecule has 3 rings (SSSR count). The summed E-state index contributed by atoms with van der Waals surface area (Å²) >= 11 is 0. The monoisotopic (exact) mass is 214 g/mol. The van der Waals surface area contributed by atoms with Crippen LogP contribution in [0, 0.1) is 0 Å². The molecule has 2 aromatic heterocycles. The van der Waals surface area contributed by atoms with E-state index in [0.29, 0.717) is 5.82 Å². The van der Waals surface area contributed by atoms with Crippen molar-refractivity contribution in [2.45, 2.75) is 6.42 Å². The molecule has 0 fully saturated rings. The third kappa shape index (κ3) is 1.37. The van der Waals surface area contributed by atoms with Gasteiger partial charge >= 0.3 is 5.69 Å². The van der Waals surface area contributed by atoms with Crippen LogP contribution < -0.4 is 11.0 Å². The number of rotatable bonds is 1. The van der Waals surface area contributed by atoms with Gasteiger partial charge in [0.05, 0.1) is 5.69 Å². The summed E-state index contributed by atoms with van der Waals surface area (Å²) in [6.45, 7) is 0.826. The van der Waals surface area contributed by atoms with Crippen LogP contribution in [-0.4, -0.2) is 21.5 Å². The summed E-state index contributed by atoms with van der Waals surface area (Å²) in [5, 5.41) is 3.10. The van der Waals surface area contributed by atoms with E-state index < -0.39 is 0 Å². The van der Waals surface area contributed by atoms with Crippen molar-refractivity contribution in [3.8, 4) is 11.3 Å². The van der Waals surface area contributed by atoms with Crippen LogP contribution in [0.3, 0.4) is 0 Å². The van der Waals surface area contributed by atoms with Gasteiger partial charge in [-0.3, -0.25) is 4.98 Å². The number of nitrogens with one attached hydrogen (secondary N) is 2. The van der Waals surface area contributed by atoms with E-state index in [1.807, 2.05) is 12.1 Å². The van der Waals surface area contributed by atoms with Crippen molar-refractivity contribution in [2.75, 3.05) is 11.9 Å². The standard InChI is InChI=1S/C11H10N4O/c16-11-14-9(7-2-1-4-12-6-7)8-3-5-13-10(8)15-11/h1-2,4,6H,3,5H2,(H2,13,14,15,16). The summed E-state index contributed by atoms with van der Waals surface area (Å²) in [4.78, 5) is 22.1. The molecule has 0 saturated heterocycles. The number of aromatic amines is 1. The quantitative estimate of drug-likeness (QED) is 0.736. The lowest BCUT2D eigenvalue weighted by Gasteiger charge is -2.05. The Morgan fingerprint density at radius 1 is 1.38 bits per heavy atom. The second-order valence-corrected chi connectivity index (χ2v) is 3.66. The summed E-state index contributed by atoms with van der Waals surface area (Å²) in [6, 6.07) is 3.78. The Labute approximate surface area is 91.6 Å². The van der Waals surface area contributed by atoms with Crippen LogP contribution in [-0.2, 0) is 6.42 Å². The Kier molecular flexibility index (Phi) is 1.96. The summed E-state index contributed by atoms with van der Waals surface area (Å²) in [6.07, 6.45) is 4.33. The highest BCUT2D eigenvalue weighted by Gasteiger charge is 2.18. The molecule has 3 heterocycles. The molecule has 0 aliphatic carbocycles. The topological polar surface area (TPSA) is 70.7 Å². The van der Waals surface area contributed by atoms with Crippen LogP contribution >= 0.6 is 0 Å². The maximum absolute atomic E-state index is 11.4. The average molecular weight is 214 g/mol. The van der Waals surface area contributed by atoms with E-state index in [1.165, 1.54) is 0 Å². The van der Waals surface area contributed by atoms with Gasteiger partial charge in [-0.1, -0.05) is 0 Å². The molecule has 5 nitrogen and oxygen atoms in total. The molecule has 0 unspecified atom stereocenters. The fourth-order valence-electron chi connectivity index (χ4n) is 1.95. The van der Waals surface area contributed by atoms with Gasteiger partial charge in [-0.2, -0.15) is 4.98 Å². The van der Waals surface area contributed by atoms with Gasteiger partial charge < -0.3 is 10.3 Å². The van der Waals surface area contributed by atoms with Gasteiger partial charge in [0, 0.05) is 30.1 Å². The number of nitrogens with zero attached hydrogens (tertiary/aromatic N) is 2. The number of hydrogen-bond acceptors (Lipinski definition) is 4. The minimum absolute atomic E-state index is 0.327. The highest BCUT2D eigenvalue weighted by Crippen LogP contribution is 2.27. The zero-order chi connectivity index (χ0) is 11.0. The Hall–Kier alpha value is -2.17. The zero-order valence-electron chi connectivity index (χ0n) is 8.53. The van der Waals surface area contributed by atoms with E-state index in [2.05, 4.69) is 20.3 Å². The third-order valence-corrected chi connectivity index (χ3v) is 2.65. The number of pyridine rings is 1. The zero-order valence-corrected chi connectivity index (χ0v) is 8.53. The van der Waals surface area contributed by atoms with Crippen LogP contribution in [0.25, 0.3) is 11.3 Å². The summed E-state index contributed by atoms with van der Waals surface area (Å²) in [7, 11) is 0. The first-order valence-electron chi connectivity index (χ1n) is 5.12. The summed E-state index contributed by atoms with van der Waals surface area (Å²) in [5.41, 5.74) is 2.48. The average Bonchev–Trinajstić information content (AvgIpc) is 2.77. The van der Waals surface area contributed by atoms with Crippen molar-refractivity contribution in [1.29, 1.82) is 0 Å². The van der Waals surface area contributed by atoms with Crippen LogP contribution in [0.2, 0.25) is 0 Å². The van der Waals surface area contributed by atoms with Gasteiger partial charge in [0.15, 0.2) is 0 Å². The van der Waals surface area contributed by atoms with Crippen molar-refractivity contribution in [3.63, 3.8) is 0 Å². The molecule has 80 valence electrons. The second kappa shape index (κ2) is 3.44. The first kappa shape index (κ1) is 9.08. The molecular formula is C11H10N4O. The molecule has 0 saturated carbocycles. The fraction of sp³-hybridized carbons (Fsp3) is 0.182. The number of hydrogen-bond donors (Lipinski definition) is 2. The van der Waals surface area contributed by atoms with Crippen molar-refractivity contribution < 1.29 is 0 Å². The lowest BCUT2D eigenvalue weighted by Crippen LogP contribution is -2.13. The lowest BCUT2D eigenvalue weighted by molar-refractivity contribution is 1.06. The number of aromatic nitrogens is 3. The molecule has 0 bridgehead atoms. The van der Waals surface area contributed by atoms with E-state index >= 15 is 0 Å². The molecule has 0 atom stereocenters. The molecule has 1 aliphatic heterocycles. The second-order valence-electron chi connectivity index (χ2n) is 3.66. The summed E-state index contributed by atoms with van der Waals surface area (Å²) in [5.74, 6) is 0.697. The third-order valence-electron chi connectivity index (χ3n) is 2.65. The molecule has 16 heavy (non-hydrogen) atoms. The Morgan fingerprint density at radius 3 is 3.12 bits per heavy atom. The highest BCUT2D eigenvalue weighted by atomic mass is 16.1. The van der Waals surface area contributed by atoms with Gasteiger partial charge in [-0.25, -0.2) is 4.79 Å². The molecule has 2 N–H and O–H groups in total. The number of anilines is 1. The largest absolute Gasteiger partial charge is 0.369 e. The van der Waals surface area contributed by atoms with E-state index in [-0.39, 0.29) is 5.69 Å². The fourth-order valence-corrected chi connectivity index (χ4v) is 1.95. The molecular weight excluding hydrogens is 204 g/mol. The molecule has 0 amide bonds. The van der Waals surface area contributed by atoms with Crippen molar-refractivity contribution in [1.82, 2.24) is 15.0 Å². The molecule has 2 aromatic rings. The molecule has 0 spiro atoms. The predicted molar refractivity (Wildman–Crippen MR) is 60.3 cm³/mol. The maximum atomic E-state index is 11.4. The number of fused-ring (bicyclic) bond motifs is 1. The summed E-state index contributed by atoms with van der Waals surface area (Å²) < 4.78 is 0. The van der Waals surface area contributed by atoms with Crippen LogP contribution in [0.5, 0.6) is 0 Å². The van der Waals surface area contributed by atoms with E-state index in [1.54, 1.807) is 12.4 Å². The van der Waals surface area contributed by atoms with Gasteiger partial charge in [-0.15, -0.1) is 0 Å². The molecule has 0 aromatic carbocycles. The van der Waals surface area contributed by atoms with Gasteiger partial charge in [0.2, 0.25) is 0 Å². The SMILES string of the molecule is O=c1nc2c(c(-c3cccnc3)[nH]1)CCN2. The van der Waals surface area contributed by atoms with Crippen LogP contribution in [0.4, 0.5) is 5.82 Å². The maximum Gasteiger partial charge on any atom is 0.347 e. The highest BCUT2D eigenvalue weighted by molar-refractivity contribution is 5.69. The Bertz CT molecular complexity index is 576. The van der Waals surface area contributed by atoms with Crippen LogP contribution in [0.1, 0.15) is 5.56 Å². The first-order chi connectivity index (χ1) is 7.84. The van der Waals surface area contributed by atoms with E-state index in [4.69, 9.17) is 0 Å². The van der Waals surface area contributed by atoms with E-state index in [0.717, 1.165) is 29.8 Å². The normalized spacial score (nSPS) is 13.2. The minimum Gasteiger partial charge on any atom is -0.369 e. The molecule has 1 aliphatic rings. The van der Waals surface area contributed by atoms with Gasteiger partial charge in [0.25, 0.3) is 0 Å². The van der Waals surface area contributed by atoms with Gasteiger partial charge in [0.1, 0.15) is 5.82 Å². The predicted octanol–water partition coefficient (Wildman–Crippen LogP) is 0.800. The lowest BCUT2D eigenvalue weighted by atomic mass is 10.1. The minimum atomic E-state index is -0.327. The Balaban J connectivity index is 2.25. The van der Waals surface area contributed by atoms with Crippen molar-refractivity contribution in [3.05, 3.63) is 40.6 Å². The van der Waals surface area contributed by atoms with Crippen molar-refractivity contribution in [2.24, 2.45) is 0 Å². The first-order valence-corrected chi connectivity index (χ1v) is 5.12.